The second-order valence-corrected chi connectivity index (χ2v) is 5.22. The number of thiophene rings is 1. The van der Waals surface area contributed by atoms with E-state index in [1.165, 1.54) is 28.6 Å². The first-order valence-corrected chi connectivity index (χ1v) is 6.53. The summed E-state index contributed by atoms with van der Waals surface area (Å²) in [6, 6.07) is 5.69. The topological polar surface area (TPSA) is 29.1 Å². The molecule has 4 heteroatoms. The number of halogens is 1. The average molecular weight is 263 g/mol. The summed E-state index contributed by atoms with van der Waals surface area (Å²) in [7, 11) is 0. The van der Waals surface area contributed by atoms with Crippen LogP contribution in [0.2, 0.25) is 0 Å². The average Bonchev–Trinajstić information content (AvgIpc) is 2.67. The molecule has 94 valence electrons. The Hall–Kier alpha value is -1.68. The van der Waals surface area contributed by atoms with Gasteiger partial charge < -0.3 is 5.32 Å². The van der Waals surface area contributed by atoms with Crippen LogP contribution in [0.1, 0.15) is 26.4 Å². The second-order valence-electron chi connectivity index (χ2n) is 4.14. The van der Waals surface area contributed by atoms with Gasteiger partial charge in [-0.25, -0.2) is 4.39 Å². The minimum absolute atomic E-state index is 0.252. The Balaban J connectivity index is 2.03. The van der Waals surface area contributed by atoms with E-state index in [0.29, 0.717) is 12.1 Å². The number of nitrogens with one attached hydrogen (secondary N) is 1. The smallest absolute Gasteiger partial charge is 0.251 e. The molecule has 0 fully saturated rings. The van der Waals surface area contributed by atoms with Crippen LogP contribution in [0.4, 0.5) is 4.39 Å². The maximum absolute atomic E-state index is 13.0. The number of aryl methyl sites for hydroxylation is 1. The highest BCUT2D eigenvalue weighted by atomic mass is 32.1. The summed E-state index contributed by atoms with van der Waals surface area (Å²) in [6.07, 6.45) is 0. The summed E-state index contributed by atoms with van der Waals surface area (Å²) in [5.41, 5.74) is 2.67. The van der Waals surface area contributed by atoms with E-state index >= 15 is 0 Å². The van der Waals surface area contributed by atoms with Gasteiger partial charge in [0, 0.05) is 17.0 Å². The molecule has 1 aromatic heterocycles. The van der Waals surface area contributed by atoms with Crippen molar-refractivity contribution in [3.8, 4) is 0 Å². The highest BCUT2D eigenvalue weighted by Gasteiger charge is 2.08. The Morgan fingerprint density at radius 3 is 2.78 bits per heavy atom. The standard InChI is InChI=1S/C14H14FNOS/c1-9-10(2)18-8-12(9)7-16-14(17)11-4-3-5-13(15)6-11/h3-6,8H,7H2,1-2H3,(H,16,17). The van der Waals surface area contributed by atoms with Crippen LogP contribution in [-0.2, 0) is 6.54 Å². The first-order valence-electron chi connectivity index (χ1n) is 5.65. The van der Waals surface area contributed by atoms with Crippen LogP contribution in [0.3, 0.4) is 0 Å². The molecule has 1 amide bonds. The van der Waals surface area contributed by atoms with Crippen LogP contribution in [-0.4, -0.2) is 5.91 Å². The van der Waals surface area contributed by atoms with Crippen LogP contribution in [0, 0.1) is 19.7 Å². The number of benzene rings is 1. The molecule has 0 atom stereocenters. The Kier molecular flexibility index (Phi) is 3.77. The first-order chi connectivity index (χ1) is 8.58. The number of hydrogen-bond acceptors (Lipinski definition) is 2. The Labute approximate surface area is 109 Å². The number of amides is 1. The van der Waals surface area contributed by atoms with Crippen molar-refractivity contribution >= 4 is 17.2 Å². The molecule has 1 heterocycles. The molecule has 0 aliphatic rings. The Morgan fingerprint density at radius 1 is 1.39 bits per heavy atom. The zero-order valence-electron chi connectivity index (χ0n) is 10.3. The zero-order chi connectivity index (χ0) is 13.1. The summed E-state index contributed by atoms with van der Waals surface area (Å²) in [6.45, 7) is 4.57. The third-order valence-electron chi connectivity index (χ3n) is 2.91. The van der Waals surface area contributed by atoms with Gasteiger partial charge in [-0.1, -0.05) is 6.07 Å². The SMILES string of the molecule is Cc1scc(CNC(=O)c2cccc(F)c2)c1C. The normalized spacial score (nSPS) is 10.4. The van der Waals surface area contributed by atoms with Gasteiger partial charge in [0.15, 0.2) is 0 Å². The fourth-order valence-electron chi connectivity index (χ4n) is 1.64. The zero-order valence-corrected chi connectivity index (χ0v) is 11.1. The molecule has 2 rings (SSSR count). The van der Waals surface area contributed by atoms with Gasteiger partial charge in [0.2, 0.25) is 0 Å². The van der Waals surface area contributed by atoms with Crippen molar-refractivity contribution in [2.24, 2.45) is 0 Å². The van der Waals surface area contributed by atoms with Gasteiger partial charge in [0.05, 0.1) is 0 Å². The molecule has 0 unspecified atom stereocenters. The van der Waals surface area contributed by atoms with Crippen molar-refractivity contribution in [3.63, 3.8) is 0 Å². The van der Waals surface area contributed by atoms with Crippen molar-refractivity contribution < 1.29 is 9.18 Å². The van der Waals surface area contributed by atoms with E-state index in [2.05, 4.69) is 12.2 Å². The van der Waals surface area contributed by atoms with Crippen LogP contribution in [0.15, 0.2) is 29.6 Å². The minimum Gasteiger partial charge on any atom is -0.348 e. The van der Waals surface area contributed by atoms with Crippen molar-refractivity contribution in [3.05, 3.63) is 57.0 Å². The fourth-order valence-corrected chi connectivity index (χ4v) is 2.53. The number of hydrogen-bond donors (Lipinski definition) is 1. The number of rotatable bonds is 3. The lowest BCUT2D eigenvalue weighted by Crippen LogP contribution is -2.22. The minimum atomic E-state index is -0.398. The molecule has 0 bridgehead atoms. The van der Waals surface area contributed by atoms with Gasteiger partial charge in [-0.15, -0.1) is 11.3 Å². The van der Waals surface area contributed by atoms with Crippen LogP contribution in [0.5, 0.6) is 0 Å². The van der Waals surface area contributed by atoms with Crippen molar-refractivity contribution in [2.45, 2.75) is 20.4 Å². The highest BCUT2D eigenvalue weighted by molar-refractivity contribution is 7.10. The van der Waals surface area contributed by atoms with Crippen LogP contribution >= 0.6 is 11.3 Å². The largest absolute Gasteiger partial charge is 0.348 e. The van der Waals surface area contributed by atoms with Gasteiger partial charge in [0.25, 0.3) is 5.91 Å². The summed E-state index contributed by atoms with van der Waals surface area (Å²) in [4.78, 5) is 13.1. The second kappa shape index (κ2) is 5.31. The molecular formula is C14H14FNOS. The molecule has 1 aromatic carbocycles. The van der Waals surface area contributed by atoms with E-state index in [9.17, 15) is 9.18 Å². The predicted octanol–water partition coefficient (Wildman–Crippen LogP) is 3.43. The monoisotopic (exact) mass is 263 g/mol. The van der Waals surface area contributed by atoms with Crippen molar-refractivity contribution in [2.75, 3.05) is 0 Å². The van der Waals surface area contributed by atoms with Gasteiger partial charge >= 0.3 is 0 Å². The van der Waals surface area contributed by atoms with E-state index in [4.69, 9.17) is 0 Å². The molecular weight excluding hydrogens is 249 g/mol. The molecule has 1 N–H and O–H groups in total. The molecule has 0 aliphatic carbocycles. The van der Waals surface area contributed by atoms with Gasteiger partial charge in [-0.2, -0.15) is 0 Å². The lowest BCUT2D eigenvalue weighted by Gasteiger charge is -2.05. The Morgan fingerprint density at radius 2 is 2.17 bits per heavy atom. The van der Waals surface area contributed by atoms with Crippen LogP contribution in [0.25, 0.3) is 0 Å². The van der Waals surface area contributed by atoms with Gasteiger partial charge in [-0.05, 0) is 48.6 Å². The van der Waals surface area contributed by atoms with E-state index < -0.39 is 5.82 Å². The Bertz CT molecular complexity index is 577. The molecule has 0 spiro atoms. The van der Waals surface area contributed by atoms with Gasteiger partial charge in [-0.3, -0.25) is 4.79 Å². The van der Waals surface area contributed by atoms with Gasteiger partial charge in [0.1, 0.15) is 5.82 Å². The fraction of sp³-hybridized carbons (Fsp3) is 0.214. The summed E-state index contributed by atoms with van der Waals surface area (Å²) < 4.78 is 13.0. The molecule has 0 aliphatic heterocycles. The van der Waals surface area contributed by atoms with E-state index in [1.54, 1.807) is 17.4 Å². The molecule has 0 saturated carbocycles. The molecule has 0 radical (unpaired) electrons. The van der Waals surface area contributed by atoms with E-state index in [0.717, 1.165) is 5.56 Å². The lowest BCUT2D eigenvalue weighted by molar-refractivity contribution is 0.0950. The molecule has 0 saturated heterocycles. The quantitative estimate of drug-likeness (QED) is 0.903. The third-order valence-corrected chi connectivity index (χ3v) is 3.98. The molecule has 2 nitrogen and oxygen atoms in total. The number of carbonyl (C=O) groups excluding carboxylic acids is 1. The van der Waals surface area contributed by atoms with Crippen molar-refractivity contribution in [1.29, 1.82) is 0 Å². The molecule has 18 heavy (non-hydrogen) atoms. The third kappa shape index (κ3) is 2.76. The first kappa shape index (κ1) is 12.8. The summed E-state index contributed by atoms with van der Waals surface area (Å²) in [5, 5.41) is 4.84. The summed E-state index contributed by atoms with van der Waals surface area (Å²) in [5.74, 6) is -0.650. The van der Waals surface area contributed by atoms with E-state index in [-0.39, 0.29) is 5.91 Å². The van der Waals surface area contributed by atoms with Crippen molar-refractivity contribution in [1.82, 2.24) is 5.32 Å². The van der Waals surface area contributed by atoms with Crippen LogP contribution < -0.4 is 5.32 Å². The lowest BCUT2D eigenvalue weighted by atomic mass is 10.1. The number of carbonyl (C=O) groups is 1. The highest BCUT2D eigenvalue weighted by Crippen LogP contribution is 2.20. The van der Waals surface area contributed by atoms with E-state index in [1.807, 2.05) is 12.3 Å². The summed E-state index contributed by atoms with van der Waals surface area (Å²) >= 11 is 1.67. The predicted molar refractivity (Wildman–Crippen MR) is 71.4 cm³/mol. The maximum Gasteiger partial charge on any atom is 0.251 e. The maximum atomic E-state index is 13.0. The molecule has 2 aromatic rings.